The quantitative estimate of drug-likeness (QED) is 0.107. The molecule has 12 heteroatoms. The monoisotopic (exact) mass is 600 g/mol. The van der Waals surface area contributed by atoms with Gasteiger partial charge in [-0.15, -0.1) is 0 Å². The summed E-state index contributed by atoms with van der Waals surface area (Å²) in [6.07, 6.45) is 0.524. The Labute approximate surface area is 263 Å². The van der Waals surface area contributed by atoms with Gasteiger partial charge in [-0.05, 0) is 72.5 Å². The van der Waals surface area contributed by atoms with Gasteiger partial charge in [0.1, 0.15) is 34.5 Å². The van der Waals surface area contributed by atoms with Crippen LogP contribution in [0.5, 0.6) is 34.5 Å². The first kappa shape index (κ1) is 32.7. The molecular weight excluding hydrogens is 574 g/mol. The van der Waals surface area contributed by atoms with E-state index in [0.29, 0.717) is 11.1 Å². The van der Waals surface area contributed by atoms with Gasteiger partial charge < -0.3 is 34.4 Å². The number of aromatic hydroxyl groups is 4. The third kappa shape index (κ3) is 9.11. The molecule has 0 unspecified atom stereocenters. The standard InChI is InChI=1S/C30H27O10P.Na/c31-21-9-11-25(29(35)17-21)27(33)13-7-19-3-1-5-23(15-19)39-41(37,38)40-24-6-2-4-20(16-24)8-14-28(34)26-12-10-22(32)18-30(26)36;/h1-6,9-12,15-18,31-32,35-36H,7-8,13-14H2,(H,37,38);/q;+1/p-1. The molecule has 42 heavy (non-hydrogen) atoms. The molecule has 0 aromatic heterocycles. The zero-order valence-electron chi connectivity index (χ0n) is 22.6. The molecule has 4 rings (SSSR count). The second-order valence-electron chi connectivity index (χ2n) is 9.17. The number of hydrogen-bond acceptors (Lipinski definition) is 10. The van der Waals surface area contributed by atoms with Gasteiger partial charge in [-0.3, -0.25) is 9.59 Å². The van der Waals surface area contributed by atoms with Crippen LogP contribution < -0.4 is 43.5 Å². The van der Waals surface area contributed by atoms with Crippen LogP contribution in [0, 0.1) is 0 Å². The summed E-state index contributed by atoms with van der Waals surface area (Å²) in [5, 5.41) is 38.5. The minimum Gasteiger partial charge on any atom is -0.736 e. The number of Topliss-reactive ketones (excluding diaryl/α,β-unsaturated/α-hetero) is 2. The van der Waals surface area contributed by atoms with E-state index in [9.17, 15) is 39.5 Å². The molecular formula is C30H26NaO10P. The Hall–Kier alpha value is -3.79. The van der Waals surface area contributed by atoms with E-state index < -0.39 is 7.82 Å². The average molecular weight is 600 g/mol. The zero-order valence-corrected chi connectivity index (χ0v) is 25.5. The Morgan fingerprint density at radius 1 is 0.643 bits per heavy atom. The number of ketones is 2. The summed E-state index contributed by atoms with van der Waals surface area (Å²) in [4.78, 5) is 37.5. The summed E-state index contributed by atoms with van der Waals surface area (Å²) in [5.41, 5.74) is 1.36. The smallest absolute Gasteiger partial charge is 0.736 e. The molecule has 0 aliphatic rings. The molecule has 0 atom stereocenters. The van der Waals surface area contributed by atoms with Crippen molar-refractivity contribution in [2.24, 2.45) is 0 Å². The van der Waals surface area contributed by atoms with Crippen molar-refractivity contribution >= 4 is 19.4 Å². The van der Waals surface area contributed by atoms with Gasteiger partial charge in [-0.25, -0.2) is 4.57 Å². The summed E-state index contributed by atoms with van der Waals surface area (Å²) in [5.74, 6) is -1.73. The van der Waals surface area contributed by atoms with Crippen molar-refractivity contribution in [3.63, 3.8) is 0 Å². The Morgan fingerprint density at radius 2 is 1.05 bits per heavy atom. The molecule has 0 fully saturated rings. The van der Waals surface area contributed by atoms with Gasteiger partial charge in [0.2, 0.25) is 0 Å². The first-order valence-corrected chi connectivity index (χ1v) is 13.9. The van der Waals surface area contributed by atoms with E-state index in [1.165, 1.54) is 48.5 Å². The van der Waals surface area contributed by atoms with Crippen LogP contribution in [0.1, 0.15) is 44.7 Å². The van der Waals surface area contributed by atoms with E-state index in [2.05, 4.69) is 0 Å². The topological polar surface area (TPSA) is 174 Å². The number of phenolic OH excluding ortho intramolecular Hbond substituents is 4. The van der Waals surface area contributed by atoms with Crippen molar-refractivity contribution in [3.8, 4) is 34.5 Å². The number of phenols is 4. The van der Waals surface area contributed by atoms with Crippen molar-refractivity contribution in [1.29, 1.82) is 0 Å². The SMILES string of the molecule is O=C(CCc1cccc(OP(=O)([O-])Oc2cccc(CCC(=O)c3ccc(O)cc3O)c2)c1)c1ccc(O)cc1O.[Na+]. The third-order valence-electron chi connectivity index (χ3n) is 6.08. The van der Waals surface area contributed by atoms with Gasteiger partial charge in [-0.2, -0.15) is 0 Å². The third-order valence-corrected chi connectivity index (χ3v) is 6.95. The Bertz CT molecular complexity index is 1520. The fourth-order valence-corrected chi connectivity index (χ4v) is 4.87. The summed E-state index contributed by atoms with van der Waals surface area (Å²) >= 11 is 0. The molecule has 4 aromatic rings. The van der Waals surface area contributed by atoms with E-state index in [-0.39, 0.29) is 112 Å². The van der Waals surface area contributed by atoms with Crippen molar-refractivity contribution < 1.29 is 78.1 Å². The van der Waals surface area contributed by atoms with Gasteiger partial charge >= 0.3 is 37.4 Å². The van der Waals surface area contributed by atoms with Crippen LogP contribution >= 0.6 is 7.82 Å². The van der Waals surface area contributed by atoms with Crippen LogP contribution in [0.4, 0.5) is 0 Å². The number of benzene rings is 4. The fraction of sp³-hybridized carbons (Fsp3) is 0.133. The summed E-state index contributed by atoms with van der Waals surface area (Å²) in [6.45, 7) is 0. The molecule has 0 saturated carbocycles. The predicted octanol–water partition coefficient (Wildman–Crippen LogP) is 2.07. The Balaban J connectivity index is 0.00000484. The number of phosphoric acid groups is 1. The maximum atomic E-state index is 12.6. The van der Waals surface area contributed by atoms with Gasteiger partial charge in [0.15, 0.2) is 11.6 Å². The van der Waals surface area contributed by atoms with Crippen LogP contribution in [0.15, 0.2) is 84.9 Å². The molecule has 0 heterocycles. The largest absolute Gasteiger partial charge is 1.00 e. The molecule has 0 aliphatic heterocycles. The van der Waals surface area contributed by atoms with Crippen LogP contribution in [0.25, 0.3) is 0 Å². The Morgan fingerprint density at radius 3 is 1.43 bits per heavy atom. The molecule has 0 saturated heterocycles. The summed E-state index contributed by atoms with van der Waals surface area (Å²) in [7, 11) is -4.87. The number of phosphoric ester groups is 1. The average Bonchev–Trinajstić information content (AvgIpc) is 2.90. The number of rotatable bonds is 12. The summed E-state index contributed by atoms with van der Waals surface area (Å²) in [6, 6.07) is 19.7. The fourth-order valence-electron chi connectivity index (χ4n) is 4.09. The number of carbonyl (C=O) groups is 2. The van der Waals surface area contributed by atoms with Crippen LogP contribution in [0.3, 0.4) is 0 Å². The molecule has 0 amide bonds. The first-order valence-electron chi connectivity index (χ1n) is 12.5. The molecule has 4 N–H and O–H groups in total. The van der Waals surface area contributed by atoms with Gasteiger partial charge in [0.25, 0.3) is 0 Å². The van der Waals surface area contributed by atoms with Crippen LogP contribution in [-0.2, 0) is 17.4 Å². The minimum absolute atomic E-state index is 0. The predicted molar refractivity (Wildman–Crippen MR) is 147 cm³/mol. The van der Waals surface area contributed by atoms with E-state index >= 15 is 0 Å². The van der Waals surface area contributed by atoms with Gasteiger partial charge in [0.05, 0.1) is 11.1 Å². The Kier molecular flexibility index (Phi) is 11.2. The zero-order chi connectivity index (χ0) is 29.6. The van der Waals surface area contributed by atoms with Crippen LogP contribution in [-0.4, -0.2) is 32.0 Å². The molecule has 10 nitrogen and oxygen atoms in total. The van der Waals surface area contributed by atoms with Crippen molar-refractivity contribution in [2.45, 2.75) is 25.7 Å². The summed E-state index contributed by atoms with van der Waals surface area (Å²) < 4.78 is 22.8. The molecule has 0 radical (unpaired) electrons. The molecule has 0 aliphatic carbocycles. The molecule has 212 valence electrons. The number of aryl methyl sites for hydroxylation is 2. The number of hydrogen-bond donors (Lipinski definition) is 4. The maximum absolute atomic E-state index is 12.6. The van der Waals surface area contributed by atoms with Crippen molar-refractivity contribution in [2.75, 3.05) is 0 Å². The van der Waals surface area contributed by atoms with E-state index in [0.717, 1.165) is 12.1 Å². The minimum atomic E-state index is -4.87. The molecule has 0 spiro atoms. The maximum Gasteiger partial charge on any atom is 1.00 e. The molecule has 0 bridgehead atoms. The van der Waals surface area contributed by atoms with E-state index in [1.807, 2.05) is 0 Å². The van der Waals surface area contributed by atoms with Crippen LogP contribution in [0.2, 0.25) is 0 Å². The second-order valence-corrected chi connectivity index (χ2v) is 10.4. The number of carbonyl (C=O) groups excluding carboxylic acids is 2. The van der Waals surface area contributed by atoms with E-state index in [4.69, 9.17) is 9.05 Å². The van der Waals surface area contributed by atoms with Crippen molar-refractivity contribution in [1.82, 2.24) is 0 Å². The van der Waals surface area contributed by atoms with Gasteiger partial charge in [-0.1, -0.05) is 24.3 Å². The van der Waals surface area contributed by atoms with E-state index in [1.54, 1.807) is 24.3 Å². The molecule has 4 aromatic carbocycles. The van der Waals surface area contributed by atoms with Gasteiger partial charge in [0, 0.05) is 25.0 Å². The normalized spacial score (nSPS) is 10.9. The second kappa shape index (κ2) is 14.4. The van der Waals surface area contributed by atoms with Crippen molar-refractivity contribution in [3.05, 3.63) is 107 Å². The first-order chi connectivity index (χ1) is 19.5.